The first-order valence-corrected chi connectivity index (χ1v) is 9.88. The van der Waals surface area contributed by atoms with E-state index in [1.165, 1.54) is 12.3 Å². The summed E-state index contributed by atoms with van der Waals surface area (Å²) in [6, 6.07) is 12.0. The lowest BCUT2D eigenvalue weighted by Crippen LogP contribution is -2.49. The maximum atomic E-state index is 13.6. The van der Waals surface area contributed by atoms with Gasteiger partial charge in [0.15, 0.2) is 17.4 Å². The van der Waals surface area contributed by atoms with Gasteiger partial charge in [-0.2, -0.15) is 0 Å². The summed E-state index contributed by atoms with van der Waals surface area (Å²) in [7, 11) is 0. The quantitative estimate of drug-likeness (QED) is 0.629. The summed E-state index contributed by atoms with van der Waals surface area (Å²) in [6.45, 7) is 3.01. The zero-order chi connectivity index (χ0) is 22.0. The van der Waals surface area contributed by atoms with Crippen molar-refractivity contribution in [1.82, 2.24) is 4.90 Å². The number of anilines is 2. The molecule has 0 aliphatic carbocycles. The zero-order valence-electron chi connectivity index (χ0n) is 16.9. The Labute approximate surface area is 178 Å². The van der Waals surface area contributed by atoms with Crippen molar-refractivity contribution in [3.05, 3.63) is 83.3 Å². The first kappa shape index (κ1) is 20.6. The average molecular weight is 425 g/mol. The minimum absolute atomic E-state index is 0.159. The van der Waals surface area contributed by atoms with Crippen molar-refractivity contribution in [3.8, 4) is 0 Å². The fourth-order valence-corrected chi connectivity index (χ4v) is 3.59. The largest absolute Gasteiger partial charge is 0.459 e. The van der Waals surface area contributed by atoms with Crippen LogP contribution in [-0.4, -0.2) is 29.9 Å². The fraction of sp³-hybridized carbons (Fsp3) is 0.217. The van der Waals surface area contributed by atoms with Gasteiger partial charge in [-0.3, -0.25) is 9.69 Å². The summed E-state index contributed by atoms with van der Waals surface area (Å²) in [6.07, 6.45) is 2.10. The van der Waals surface area contributed by atoms with Crippen LogP contribution in [0.15, 0.2) is 59.2 Å². The number of hydrogen-bond acceptors (Lipinski definition) is 3. The molecule has 3 aromatic rings. The summed E-state index contributed by atoms with van der Waals surface area (Å²) in [4.78, 5) is 28.8. The summed E-state index contributed by atoms with van der Waals surface area (Å²) in [5.41, 5.74) is 2.47. The molecule has 0 unspecified atom stereocenters. The van der Waals surface area contributed by atoms with Gasteiger partial charge < -0.3 is 14.6 Å². The minimum atomic E-state index is -0.944. The Morgan fingerprint density at radius 3 is 2.68 bits per heavy atom. The number of furan rings is 1. The Balaban J connectivity index is 1.57. The third kappa shape index (κ3) is 4.42. The second-order valence-corrected chi connectivity index (χ2v) is 7.41. The van der Waals surface area contributed by atoms with Gasteiger partial charge in [0.1, 0.15) is 0 Å². The van der Waals surface area contributed by atoms with Crippen molar-refractivity contribution in [2.24, 2.45) is 0 Å². The van der Waals surface area contributed by atoms with Crippen LogP contribution in [0.3, 0.4) is 0 Å². The maximum absolute atomic E-state index is 13.6. The molecule has 31 heavy (non-hydrogen) atoms. The number of urea groups is 1. The Morgan fingerprint density at radius 1 is 1.10 bits per heavy atom. The molecule has 8 heteroatoms. The van der Waals surface area contributed by atoms with Crippen LogP contribution in [0.2, 0.25) is 0 Å². The lowest BCUT2D eigenvalue weighted by Gasteiger charge is -2.36. The van der Waals surface area contributed by atoms with Gasteiger partial charge in [-0.05, 0) is 60.9 Å². The van der Waals surface area contributed by atoms with Crippen LogP contribution in [0.25, 0.3) is 0 Å². The van der Waals surface area contributed by atoms with E-state index in [9.17, 15) is 18.4 Å². The van der Waals surface area contributed by atoms with Gasteiger partial charge in [0.05, 0.1) is 17.6 Å². The van der Waals surface area contributed by atoms with Crippen LogP contribution in [0, 0.1) is 18.6 Å². The third-order valence-corrected chi connectivity index (χ3v) is 5.10. The van der Waals surface area contributed by atoms with Crippen LogP contribution in [-0.2, 0) is 6.54 Å². The van der Waals surface area contributed by atoms with Gasteiger partial charge in [0.25, 0.3) is 5.91 Å². The van der Waals surface area contributed by atoms with Crippen molar-refractivity contribution in [3.63, 3.8) is 0 Å². The van der Waals surface area contributed by atoms with E-state index in [-0.39, 0.29) is 18.3 Å². The molecule has 0 radical (unpaired) electrons. The third-order valence-electron chi connectivity index (χ3n) is 5.10. The molecule has 1 N–H and O–H groups in total. The smallest absolute Gasteiger partial charge is 0.324 e. The van der Waals surface area contributed by atoms with Gasteiger partial charge in [0.2, 0.25) is 0 Å². The van der Waals surface area contributed by atoms with E-state index in [1.807, 2.05) is 13.0 Å². The molecule has 3 amide bonds. The fourth-order valence-electron chi connectivity index (χ4n) is 3.59. The minimum Gasteiger partial charge on any atom is -0.459 e. The standard InChI is InChI=1S/C23H21F2N3O3/c1-15-5-8-20(19(12-15)26-22(29)21-4-2-11-31-21)28-10-3-9-27(23(28)30)14-16-6-7-17(24)18(25)13-16/h2,4-8,11-13H,3,9-10,14H2,1H3,(H,26,29). The first-order chi connectivity index (χ1) is 14.9. The molecule has 0 bridgehead atoms. The maximum Gasteiger partial charge on any atom is 0.324 e. The summed E-state index contributed by atoms with van der Waals surface area (Å²) < 4.78 is 31.9. The molecular weight excluding hydrogens is 404 g/mol. The van der Waals surface area contributed by atoms with Crippen LogP contribution >= 0.6 is 0 Å². The molecule has 160 valence electrons. The van der Waals surface area contributed by atoms with Gasteiger partial charge >= 0.3 is 6.03 Å². The molecule has 0 atom stereocenters. The van der Waals surface area contributed by atoms with E-state index in [2.05, 4.69) is 5.32 Å². The molecule has 6 nitrogen and oxygen atoms in total. The van der Waals surface area contributed by atoms with Crippen LogP contribution in [0.1, 0.15) is 28.1 Å². The number of hydrogen-bond donors (Lipinski definition) is 1. The SMILES string of the molecule is Cc1ccc(N2CCCN(Cc3ccc(F)c(F)c3)C2=O)c(NC(=O)c2ccco2)c1. The Bertz CT molecular complexity index is 1120. The molecule has 2 heterocycles. The van der Waals surface area contributed by atoms with Crippen LogP contribution in [0.4, 0.5) is 25.0 Å². The highest BCUT2D eigenvalue weighted by Gasteiger charge is 2.29. The molecule has 0 spiro atoms. The van der Waals surface area contributed by atoms with E-state index in [0.29, 0.717) is 36.4 Å². The number of carbonyl (C=O) groups excluding carboxylic acids is 2. The van der Waals surface area contributed by atoms with Crippen LogP contribution < -0.4 is 10.2 Å². The van der Waals surface area contributed by atoms with E-state index in [4.69, 9.17) is 4.42 Å². The molecular formula is C23H21F2N3O3. The topological polar surface area (TPSA) is 65.8 Å². The highest BCUT2D eigenvalue weighted by atomic mass is 19.2. The lowest BCUT2D eigenvalue weighted by atomic mass is 10.1. The van der Waals surface area contributed by atoms with E-state index in [0.717, 1.165) is 17.7 Å². The van der Waals surface area contributed by atoms with Gasteiger partial charge in [-0.25, -0.2) is 13.6 Å². The molecule has 1 saturated heterocycles. The van der Waals surface area contributed by atoms with Crippen molar-refractivity contribution in [2.45, 2.75) is 19.9 Å². The second kappa shape index (κ2) is 8.59. The lowest BCUT2D eigenvalue weighted by molar-refractivity contribution is 0.0996. The first-order valence-electron chi connectivity index (χ1n) is 9.88. The van der Waals surface area contributed by atoms with E-state index in [1.54, 1.807) is 34.1 Å². The highest BCUT2D eigenvalue weighted by Crippen LogP contribution is 2.31. The predicted molar refractivity (Wildman–Crippen MR) is 112 cm³/mol. The van der Waals surface area contributed by atoms with Crippen molar-refractivity contribution < 1.29 is 22.8 Å². The number of nitrogens with one attached hydrogen (secondary N) is 1. The predicted octanol–water partition coefficient (Wildman–Crippen LogP) is 4.95. The Hall–Kier alpha value is -3.68. The van der Waals surface area contributed by atoms with Gasteiger partial charge in [-0.15, -0.1) is 0 Å². The summed E-state index contributed by atoms with van der Waals surface area (Å²) >= 11 is 0. The normalized spacial score (nSPS) is 14.1. The molecule has 4 rings (SSSR count). The van der Waals surface area contributed by atoms with Crippen molar-refractivity contribution >= 4 is 23.3 Å². The Kier molecular flexibility index (Phi) is 5.70. The molecule has 1 aliphatic rings. The summed E-state index contributed by atoms with van der Waals surface area (Å²) in [5.74, 6) is -2.12. The number of nitrogens with zero attached hydrogens (tertiary/aromatic N) is 2. The molecule has 2 aromatic carbocycles. The zero-order valence-corrected chi connectivity index (χ0v) is 16.9. The molecule has 1 fully saturated rings. The number of amides is 3. The van der Waals surface area contributed by atoms with Gasteiger partial charge in [0, 0.05) is 19.6 Å². The number of carbonyl (C=O) groups is 2. The number of halogens is 2. The van der Waals surface area contributed by atoms with Crippen molar-refractivity contribution in [1.29, 1.82) is 0 Å². The number of aryl methyl sites for hydroxylation is 1. The monoisotopic (exact) mass is 425 g/mol. The Morgan fingerprint density at radius 2 is 1.94 bits per heavy atom. The number of benzene rings is 2. The van der Waals surface area contributed by atoms with Gasteiger partial charge in [-0.1, -0.05) is 12.1 Å². The summed E-state index contributed by atoms with van der Waals surface area (Å²) in [5, 5.41) is 2.81. The highest BCUT2D eigenvalue weighted by molar-refractivity contribution is 6.06. The molecule has 1 aromatic heterocycles. The molecule has 1 aliphatic heterocycles. The molecule has 0 saturated carbocycles. The van der Waals surface area contributed by atoms with E-state index < -0.39 is 17.5 Å². The number of rotatable bonds is 5. The van der Waals surface area contributed by atoms with Crippen LogP contribution in [0.5, 0.6) is 0 Å². The van der Waals surface area contributed by atoms with Crippen molar-refractivity contribution in [2.75, 3.05) is 23.3 Å². The average Bonchev–Trinajstić information content (AvgIpc) is 3.28. The second-order valence-electron chi connectivity index (χ2n) is 7.41. The van der Waals surface area contributed by atoms with E-state index >= 15 is 0 Å².